The van der Waals surface area contributed by atoms with Gasteiger partial charge in [-0.25, -0.2) is 13.6 Å². The first-order valence-corrected chi connectivity index (χ1v) is 7.17. The number of ether oxygens (including phenoxy) is 2. The molecular formula is C15H17F2NO5. The normalized spacial score (nSPS) is 17.8. The van der Waals surface area contributed by atoms with Crippen molar-refractivity contribution in [2.45, 2.75) is 18.9 Å². The average molecular weight is 329 g/mol. The second-order valence-corrected chi connectivity index (χ2v) is 5.04. The number of rotatable bonds is 6. The van der Waals surface area contributed by atoms with E-state index in [0.717, 1.165) is 6.07 Å². The van der Waals surface area contributed by atoms with Crippen LogP contribution in [0.4, 0.5) is 8.78 Å². The second kappa shape index (κ2) is 7.87. The SMILES string of the molecule is O=C(O)C1COCCN1C(=O)CCCOc1ccc(F)cc1F. The zero-order chi connectivity index (χ0) is 16.8. The minimum absolute atomic E-state index is 0.0294. The smallest absolute Gasteiger partial charge is 0.328 e. The summed E-state index contributed by atoms with van der Waals surface area (Å²) in [5.74, 6) is -3.02. The molecule has 0 bridgehead atoms. The van der Waals surface area contributed by atoms with Crippen molar-refractivity contribution >= 4 is 11.9 Å². The van der Waals surface area contributed by atoms with Gasteiger partial charge in [0, 0.05) is 19.0 Å². The number of carbonyl (C=O) groups excluding carboxylic acids is 1. The summed E-state index contributed by atoms with van der Waals surface area (Å²) in [6, 6.07) is 1.99. The standard InChI is InChI=1S/C15H17F2NO5/c16-10-3-4-13(11(17)8-10)23-6-1-2-14(19)18-5-7-22-9-12(18)15(20)21/h3-4,8,12H,1-2,5-7,9H2,(H,20,21). The number of halogens is 2. The lowest BCUT2D eigenvalue weighted by Crippen LogP contribution is -2.52. The summed E-state index contributed by atoms with van der Waals surface area (Å²) in [6.45, 7) is 0.560. The Morgan fingerprint density at radius 3 is 2.87 bits per heavy atom. The summed E-state index contributed by atoms with van der Waals surface area (Å²) in [7, 11) is 0. The molecule has 0 aromatic heterocycles. The second-order valence-electron chi connectivity index (χ2n) is 5.04. The van der Waals surface area contributed by atoms with Gasteiger partial charge in [0.1, 0.15) is 5.82 Å². The number of nitrogens with zero attached hydrogens (tertiary/aromatic N) is 1. The van der Waals surface area contributed by atoms with Crippen LogP contribution in [0.5, 0.6) is 5.75 Å². The van der Waals surface area contributed by atoms with Gasteiger partial charge >= 0.3 is 5.97 Å². The highest BCUT2D eigenvalue weighted by Crippen LogP contribution is 2.18. The van der Waals surface area contributed by atoms with Crippen molar-refractivity contribution in [2.75, 3.05) is 26.4 Å². The molecule has 1 unspecified atom stereocenters. The van der Waals surface area contributed by atoms with E-state index in [-0.39, 0.29) is 37.8 Å². The van der Waals surface area contributed by atoms with Gasteiger partial charge in [0.2, 0.25) is 5.91 Å². The monoisotopic (exact) mass is 329 g/mol. The third kappa shape index (κ3) is 4.62. The van der Waals surface area contributed by atoms with E-state index < -0.39 is 23.6 Å². The number of morpholine rings is 1. The van der Waals surface area contributed by atoms with E-state index in [0.29, 0.717) is 19.1 Å². The number of hydrogen-bond donors (Lipinski definition) is 1. The number of carboxylic acid groups (broad SMARTS) is 1. The molecule has 1 heterocycles. The summed E-state index contributed by atoms with van der Waals surface area (Å²) in [6.07, 6.45) is 0.367. The Bertz CT molecular complexity index is 581. The highest BCUT2D eigenvalue weighted by Gasteiger charge is 2.32. The van der Waals surface area contributed by atoms with Crippen LogP contribution >= 0.6 is 0 Å². The molecule has 1 aliphatic heterocycles. The third-order valence-electron chi connectivity index (χ3n) is 3.42. The van der Waals surface area contributed by atoms with Gasteiger partial charge in [0.25, 0.3) is 0 Å². The first kappa shape index (κ1) is 17.1. The molecule has 1 amide bonds. The molecule has 1 aliphatic rings. The minimum Gasteiger partial charge on any atom is -0.491 e. The van der Waals surface area contributed by atoms with E-state index in [1.165, 1.54) is 11.0 Å². The van der Waals surface area contributed by atoms with Crippen molar-refractivity contribution in [3.05, 3.63) is 29.8 Å². The van der Waals surface area contributed by atoms with E-state index in [1.54, 1.807) is 0 Å². The molecular weight excluding hydrogens is 312 g/mol. The van der Waals surface area contributed by atoms with Crippen molar-refractivity contribution in [1.29, 1.82) is 0 Å². The van der Waals surface area contributed by atoms with Crippen molar-refractivity contribution in [1.82, 2.24) is 4.90 Å². The number of carbonyl (C=O) groups is 2. The summed E-state index contributed by atoms with van der Waals surface area (Å²) >= 11 is 0. The highest BCUT2D eigenvalue weighted by molar-refractivity contribution is 5.83. The van der Waals surface area contributed by atoms with E-state index in [1.807, 2.05) is 0 Å². The first-order valence-electron chi connectivity index (χ1n) is 7.17. The Morgan fingerprint density at radius 2 is 2.17 bits per heavy atom. The lowest BCUT2D eigenvalue weighted by Gasteiger charge is -2.32. The molecule has 8 heteroatoms. The van der Waals surface area contributed by atoms with Gasteiger partial charge in [-0.05, 0) is 18.6 Å². The van der Waals surface area contributed by atoms with Crippen molar-refractivity contribution in [2.24, 2.45) is 0 Å². The highest BCUT2D eigenvalue weighted by atomic mass is 19.1. The summed E-state index contributed by atoms with van der Waals surface area (Å²) in [4.78, 5) is 24.4. The van der Waals surface area contributed by atoms with Crippen LogP contribution in [0.25, 0.3) is 0 Å². The average Bonchev–Trinajstić information content (AvgIpc) is 2.53. The molecule has 0 aliphatic carbocycles. The Kier molecular flexibility index (Phi) is 5.86. The molecule has 1 fully saturated rings. The molecule has 6 nitrogen and oxygen atoms in total. The van der Waals surface area contributed by atoms with Gasteiger partial charge in [0.05, 0.1) is 19.8 Å². The fourth-order valence-corrected chi connectivity index (χ4v) is 2.25. The summed E-state index contributed by atoms with van der Waals surface area (Å²) < 4.78 is 36.3. The van der Waals surface area contributed by atoms with Crippen LogP contribution < -0.4 is 4.74 Å². The van der Waals surface area contributed by atoms with Crippen molar-refractivity contribution < 1.29 is 33.0 Å². The van der Waals surface area contributed by atoms with Crippen LogP contribution in [0, 0.1) is 11.6 Å². The molecule has 1 aromatic carbocycles. The predicted molar refractivity (Wildman–Crippen MR) is 75.0 cm³/mol. The fraction of sp³-hybridized carbons (Fsp3) is 0.467. The van der Waals surface area contributed by atoms with E-state index in [9.17, 15) is 18.4 Å². The zero-order valence-electron chi connectivity index (χ0n) is 12.3. The fourth-order valence-electron chi connectivity index (χ4n) is 2.25. The molecule has 126 valence electrons. The molecule has 1 atom stereocenters. The van der Waals surface area contributed by atoms with Gasteiger partial charge < -0.3 is 19.5 Å². The summed E-state index contributed by atoms with van der Waals surface area (Å²) in [5, 5.41) is 9.06. The van der Waals surface area contributed by atoms with Crippen LogP contribution in [-0.2, 0) is 14.3 Å². The molecule has 1 N–H and O–H groups in total. The minimum atomic E-state index is -1.11. The van der Waals surface area contributed by atoms with Gasteiger partial charge in [-0.1, -0.05) is 0 Å². The molecule has 0 saturated carbocycles. The third-order valence-corrected chi connectivity index (χ3v) is 3.42. The van der Waals surface area contributed by atoms with Crippen LogP contribution in [0.15, 0.2) is 18.2 Å². The number of aliphatic carboxylic acids is 1. The molecule has 1 aromatic rings. The van der Waals surface area contributed by atoms with Crippen LogP contribution in [-0.4, -0.2) is 54.3 Å². The Labute approximate surface area is 131 Å². The molecule has 23 heavy (non-hydrogen) atoms. The predicted octanol–water partition coefficient (Wildman–Crippen LogP) is 1.44. The zero-order valence-corrected chi connectivity index (χ0v) is 12.3. The maximum atomic E-state index is 13.3. The number of benzene rings is 1. The van der Waals surface area contributed by atoms with E-state index in [4.69, 9.17) is 14.6 Å². The largest absolute Gasteiger partial charge is 0.491 e. The van der Waals surface area contributed by atoms with Crippen LogP contribution in [0.1, 0.15) is 12.8 Å². The lowest BCUT2D eigenvalue weighted by atomic mass is 10.2. The van der Waals surface area contributed by atoms with Crippen LogP contribution in [0.3, 0.4) is 0 Å². The van der Waals surface area contributed by atoms with Gasteiger partial charge in [-0.2, -0.15) is 0 Å². The molecule has 0 radical (unpaired) electrons. The van der Waals surface area contributed by atoms with E-state index in [2.05, 4.69) is 0 Å². The quantitative estimate of drug-likeness (QED) is 0.799. The van der Waals surface area contributed by atoms with Crippen LogP contribution in [0.2, 0.25) is 0 Å². The van der Waals surface area contributed by atoms with Crippen molar-refractivity contribution in [3.63, 3.8) is 0 Å². The maximum absolute atomic E-state index is 13.3. The molecule has 1 saturated heterocycles. The number of amides is 1. The van der Waals surface area contributed by atoms with Gasteiger partial charge in [0.15, 0.2) is 17.6 Å². The van der Waals surface area contributed by atoms with Gasteiger partial charge in [-0.15, -0.1) is 0 Å². The van der Waals surface area contributed by atoms with Crippen molar-refractivity contribution in [3.8, 4) is 5.75 Å². The number of hydrogen-bond acceptors (Lipinski definition) is 4. The first-order chi connectivity index (χ1) is 11.0. The van der Waals surface area contributed by atoms with Gasteiger partial charge in [-0.3, -0.25) is 4.79 Å². The Hall–Kier alpha value is -2.22. The lowest BCUT2D eigenvalue weighted by molar-refractivity contribution is -0.158. The Balaban J connectivity index is 1.79. The topological polar surface area (TPSA) is 76.1 Å². The maximum Gasteiger partial charge on any atom is 0.328 e. The van der Waals surface area contributed by atoms with E-state index >= 15 is 0 Å². The summed E-state index contributed by atoms with van der Waals surface area (Å²) in [5.41, 5.74) is 0. The Morgan fingerprint density at radius 1 is 1.39 bits per heavy atom. The molecule has 0 spiro atoms. The molecule has 2 rings (SSSR count). The number of carboxylic acids is 1.